The van der Waals surface area contributed by atoms with Gasteiger partial charge in [-0.15, -0.1) is 0 Å². The molecule has 0 amide bonds. The zero-order chi connectivity index (χ0) is 18.1. The molecular formula is C19H40O4S. The van der Waals surface area contributed by atoms with Crippen molar-refractivity contribution in [1.82, 2.24) is 0 Å². The van der Waals surface area contributed by atoms with Gasteiger partial charge in [-0.05, 0) is 19.3 Å². The maximum atomic E-state index is 10.6. The molecule has 0 aromatic carbocycles. The van der Waals surface area contributed by atoms with Crippen molar-refractivity contribution in [3.63, 3.8) is 0 Å². The Bertz CT molecular complexity index is 354. The van der Waals surface area contributed by atoms with Gasteiger partial charge in [-0.2, -0.15) is 8.42 Å². The predicted octanol–water partition coefficient (Wildman–Crippen LogP) is 5.50. The van der Waals surface area contributed by atoms with Gasteiger partial charge in [0.05, 0.1) is 11.9 Å². The van der Waals surface area contributed by atoms with Crippen molar-refractivity contribution in [3.05, 3.63) is 0 Å². The third-order valence-corrected chi connectivity index (χ3v) is 5.39. The molecule has 0 aliphatic rings. The van der Waals surface area contributed by atoms with E-state index in [0.29, 0.717) is 6.42 Å². The highest BCUT2D eigenvalue weighted by atomic mass is 32.2. The molecule has 0 aromatic heterocycles. The second-order valence-corrected chi connectivity index (χ2v) is 8.69. The molecule has 1 unspecified atom stereocenters. The van der Waals surface area contributed by atoms with Crippen LogP contribution in [0.5, 0.6) is 0 Å². The Kier molecular flexibility index (Phi) is 16.3. The predicted molar refractivity (Wildman–Crippen MR) is 102 cm³/mol. The summed E-state index contributed by atoms with van der Waals surface area (Å²) in [6.07, 6.45) is 18.0. The van der Waals surface area contributed by atoms with Crippen LogP contribution in [0.2, 0.25) is 0 Å². The van der Waals surface area contributed by atoms with Crippen LogP contribution in [0.15, 0.2) is 0 Å². The fourth-order valence-electron chi connectivity index (χ4n) is 3.02. The molecule has 0 rings (SSSR count). The zero-order valence-corrected chi connectivity index (χ0v) is 16.5. The van der Waals surface area contributed by atoms with E-state index in [2.05, 4.69) is 6.92 Å². The third-order valence-electron chi connectivity index (χ3n) is 4.58. The molecule has 0 fully saturated rings. The monoisotopic (exact) mass is 364 g/mol. The fourth-order valence-corrected chi connectivity index (χ4v) is 3.59. The summed E-state index contributed by atoms with van der Waals surface area (Å²) in [5.74, 6) is -0.0946. The van der Waals surface area contributed by atoms with E-state index < -0.39 is 10.1 Å². The maximum absolute atomic E-state index is 10.6. The summed E-state index contributed by atoms with van der Waals surface area (Å²) in [7, 11) is -3.76. The largest absolute Gasteiger partial charge is 0.393 e. The van der Waals surface area contributed by atoms with Crippen LogP contribution in [0.3, 0.4) is 0 Å². The lowest BCUT2D eigenvalue weighted by atomic mass is 10.0. The number of aliphatic hydroxyl groups is 1. The van der Waals surface area contributed by atoms with E-state index in [9.17, 15) is 13.5 Å². The number of hydrogen-bond donors (Lipinski definition) is 2. The number of rotatable bonds is 18. The van der Waals surface area contributed by atoms with Crippen LogP contribution >= 0.6 is 0 Å². The van der Waals surface area contributed by atoms with Crippen LogP contribution in [-0.2, 0) is 10.1 Å². The molecule has 0 spiro atoms. The lowest BCUT2D eigenvalue weighted by Crippen LogP contribution is -2.05. The first kappa shape index (κ1) is 23.9. The summed E-state index contributed by atoms with van der Waals surface area (Å²) in [6.45, 7) is 2.16. The van der Waals surface area contributed by atoms with Crippen LogP contribution in [-0.4, -0.2) is 29.9 Å². The Balaban J connectivity index is 3.12. The van der Waals surface area contributed by atoms with Crippen molar-refractivity contribution < 1.29 is 18.1 Å². The quantitative estimate of drug-likeness (QED) is 0.249. The smallest absolute Gasteiger partial charge is 0.264 e. The van der Waals surface area contributed by atoms with Gasteiger partial charge < -0.3 is 5.11 Å². The molecule has 5 heteroatoms. The minimum atomic E-state index is -3.76. The minimum Gasteiger partial charge on any atom is -0.393 e. The van der Waals surface area contributed by atoms with Gasteiger partial charge in [-0.3, -0.25) is 4.55 Å². The van der Waals surface area contributed by atoms with E-state index >= 15 is 0 Å². The van der Waals surface area contributed by atoms with Crippen molar-refractivity contribution in [2.75, 3.05) is 5.75 Å². The first-order valence-electron chi connectivity index (χ1n) is 10.1. The molecular weight excluding hydrogens is 324 g/mol. The van der Waals surface area contributed by atoms with E-state index in [1.807, 2.05) is 0 Å². The third kappa shape index (κ3) is 19.9. The van der Waals surface area contributed by atoms with E-state index in [1.165, 1.54) is 57.8 Å². The Hall–Kier alpha value is -0.130. The number of unbranched alkanes of at least 4 members (excludes halogenated alkanes) is 12. The van der Waals surface area contributed by atoms with Crippen LogP contribution < -0.4 is 0 Å². The molecule has 0 saturated heterocycles. The molecule has 0 aliphatic carbocycles. The molecule has 0 aliphatic heterocycles. The summed E-state index contributed by atoms with van der Waals surface area (Å²) >= 11 is 0. The Morgan fingerprint density at radius 1 is 0.667 bits per heavy atom. The highest BCUT2D eigenvalue weighted by molar-refractivity contribution is 7.85. The van der Waals surface area contributed by atoms with Crippen molar-refractivity contribution >= 4 is 10.1 Å². The van der Waals surface area contributed by atoms with Crippen LogP contribution in [0.4, 0.5) is 0 Å². The molecule has 0 bridgehead atoms. The van der Waals surface area contributed by atoms with Crippen LogP contribution in [0.25, 0.3) is 0 Å². The van der Waals surface area contributed by atoms with E-state index in [-0.39, 0.29) is 11.9 Å². The average Bonchev–Trinajstić information content (AvgIpc) is 2.52. The molecule has 0 heterocycles. The normalized spacial score (nSPS) is 13.3. The summed E-state index contributed by atoms with van der Waals surface area (Å²) in [4.78, 5) is 0. The molecule has 2 N–H and O–H groups in total. The Morgan fingerprint density at radius 3 is 1.46 bits per heavy atom. The fraction of sp³-hybridized carbons (Fsp3) is 1.00. The number of hydrogen-bond acceptors (Lipinski definition) is 3. The molecule has 0 radical (unpaired) electrons. The highest BCUT2D eigenvalue weighted by Gasteiger charge is 2.03. The Morgan fingerprint density at radius 2 is 1.04 bits per heavy atom. The first-order chi connectivity index (χ1) is 11.5. The molecule has 1 atom stereocenters. The van der Waals surface area contributed by atoms with Crippen molar-refractivity contribution in [2.45, 2.75) is 116 Å². The van der Waals surface area contributed by atoms with Gasteiger partial charge >= 0.3 is 0 Å². The maximum Gasteiger partial charge on any atom is 0.264 e. The van der Waals surface area contributed by atoms with Crippen molar-refractivity contribution in [3.8, 4) is 0 Å². The molecule has 0 aromatic rings. The standard InChI is InChI=1S/C19H40O4S/c1-2-3-16-19(20)17-14-12-10-8-6-4-5-7-9-11-13-15-18-24(21,22)23/h19-20H,2-18H2,1H3,(H,21,22,23). The van der Waals surface area contributed by atoms with E-state index in [0.717, 1.165) is 38.5 Å². The number of aliphatic hydroxyl groups excluding tert-OH is 1. The van der Waals surface area contributed by atoms with Gasteiger partial charge in [0.25, 0.3) is 10.1 Å². The van der Waals surface area contributed by atoms with Crippen LogP contribution in [0.1, 0.15) is 110 Å². The van der Waals surface area contributed by atoms with Gasteiger partial charge in [0.2, 0.25) is 0 Å². The van der Waals surface area contributed by atoms with Crippen LogP contribution in [0, 0.1) is 0 Å². The van der Waals surface area contributed by atoms with Gasteiger partial charge in [0, 0.05) is 0 Å². The lowest BCUT2D eigenvalue weighted by molar-refractivity contribution is 0.148. The van der Waals surface area contributed by atoms with Gasteiger partial charge in [0.15, 0.2) is 0 Å². The summed E-state index contributed by atoms with van der Waals surface area (Å²) in [5.41, 5.74) is 0. The Labute approximate surface area is 150 Å². The lowest BCUT2D eigenvalue weighted by Gasteiger charge is -2.09. The average molecular weight is 365 g/mol. The summed E-state index contributed by atoms with van der Waals surface area (Å²) in [6, 6.07) is 0. The second kappa shape index (κ2) is 16.3. The second-order valence-electron chi connectivity index (χ2n) is 7.11. The zero-order valence-electron chi connectivity index (χ0n) is 15.7. The summed E-state index contributed by atoms with van der Waals surface area (Å²) in [5, 5.41) is 9.76. The topological polar surface area (TPSA) is 74.6 Å². The molecule has 4 nitrogen and oxygen atoms in total. The van der Waals surface area contributed by atoms with Crippen molar-refractivity contribution in [1.29, 1.82) is 0 Å². The van der Waals surface area contributed by atoms with Gasteiger partial charge in [-0.25, -0.2) is 0 Å². The summed E-state index contributed by atoms with van der Waals surface area (Å²) < 4.78 is 29.7. The van der Waals surface area contributed by atoms with E-state index in [4.69, 9.17) is 4.55 Å². The molecule has 24 heavy (non-hydrogen) atoms. The minimum absolute atomic E-state index is 0.0811. The highest BCUT2D eigenvalue weighted by Crippen LogP contribution is 2.14. The molecule has 0 saturated carbocycles. The van der Waals surface area contributed by atoms with Gasteiger partial charge in [-0.1, -0.05) is 90.4 Å². The van der Waals surface area contributed by atoms with E-state index in [1.54, 1.807) is 0 Å². The van der Waals surface area contributed by atoms with Crippen molar-refractivity contribution in [2.24, 2.45) is 0 Å². The first-order valence-corrected chi connectivity index (χ1v) is 11.7. The molecule has 146 valence electrons. The SMILES string of the molecule is CCCCC(O)CCCCCCCCCCCCCCS(=O)(=O)O. The van der Waals surface area contributed by atoms with Gasteiger partial charge in [0.1, 0.15) is 0 Å².